The van der Waals surface area contributed by atoms with Gasteiger partial charge in [-0.1, -0.05) is 30.3 Å². The van der Waals surface area contributed by atoms with E-state index >= 15 is 0 Å². The molecule has 0 saturated heterocycles. The zero-order valence-corrected chi connectivity index (χ0v) is 14.6. The largest absolute Gasteiger partial charge is 0.463 e. The summed E-state index contributed by atoms with van der Waals surface area (Å²) in [7, 11) is -1.59. The maximum atomic E-state index is 12.2. The summed E-state index contributed by atoms with van der Waals surface area (Å²) < 4.78 is 10.9. The lowest BCUT2D eigenvalue weighted by Crippen LogP contribution is -2.35. The molecule has 0 aromatic heterocycles. The molecule has 1 rings (SSSR count). The van der Waals surface area contributed by atoms with Gasteiger partial charge in [0.1, 0.15) is 6.61 Å². The van der Waals surface area contributed by atoms with Crippen LogP contribution in [0.2, 0.25) is 19.6 Å². The summed E-state index contributed by atoms with van der Waals surface area (Å²) in [4.78, 5) is 12.2. The maximum Gasteiger partial charge on any atom is 0.314 e. The van der Waals surface area contributed by atoms with Crippen molar-refractivity contribution in [1.29, 1.82) is 0 Å². The maximum absolute atomic E-state index is 12.2. The minimum absolute atomic E-state index is 0.216. The van der Waals surface area contributed by atoms with Gasteiger partial charge in [-0.2, -0.15) is 0 Å². The van der Waals surface area contributed by atoms with E-state index in [9.17, 15) is 9.90 Å². The second kappa shape index (κ2) is 7.20. The Labute approximate surface area is 128 Å². The summed E-state index contributed by atoms with van der Waals surface area (Å²) in [6, 6.07) is 9.14. The number of aliphatic hydroxyl groups is 1. The molecule has 4 nitrogen and oxygen atoms in total. The summed E-state index contributed by atoms with van der Waals surface area (Å²) in [5.74, 6) is -0.418. The van der Waals surface area contributed by atoms with E-state index in [1.165, 1.54) is 0 Å². The molecule has 118 valence electrons. The van der Waals surface area contributed by atoms with Crippen molar-refractivity contribution in [1.82, 2.24) is 0 Å². The first-order valence-electron chi connectivity index (χ1n) is 7.19. The Morgan fingerprint density at radius 2 is 1.76 bits per heavy atom. The highest BCUT2D eigenvalue weighted by Gasteiger charge is 2.38. The molecule has 1 aromatic carbocycles. The smallest absolute Gasteiger partial charge is 0.314 e. The van der Waals surface area contributed by atoms with Crippen LogP contribution in [0.1, 0.15) is 25.5 Å². The van der Waals surface area contributed by atoms with Crippen molar-refractivity contribution >= 4 is 14.3 Å². The molecule has 0 bridgehead atoms. The second-order valence-corrected chi connectivity index (χ2v) is 11.1. The molecule has 21 heavy (non-hydrogen) atoms. The summed E-state index contributed by atoms with van der Waals surface area (Å²) in [6.45, 7) is 10.2. The van der Waals surface area contributed by atoms with Gasteiger partial charge in [-0.3, -0.25) is 4.79 Å². The first-order chi connectivity index (χ1) is 9.64. The number of hydrogen-bond donors (Lipinski definition) is 1. The Kier molecular flexibility index (Phi) is 6.13. The molecule has 1 aromatic rings. The Morgan fingerprint density at radius 3 is 2.29 bits per heavy atom. The number of carbonyl (C=O) groups is 1. The molecule has 1 unspecified atom stereocenters. The lowest BCUT2D eigenvalue weighted by molar-refractivity contribution is -0.161. The van der Waals surface area contributed by atoms with Crippen molar-refractivity contribution < 1.29 is 19.1 Å². The zero-order chi connectivity index (χ0) is 16.1. The van der Waals surface area contributed by atoms with E-state index in [1.807, 2.05) is 18.2 Å². The van der Waals surface area contributed by atoms with Crippen LogP contribution in [0.25, 0.3) is 0 Å². The third-order valence-corrected chi connectivity index (χ3v) is 4.25. The number of benzene rings is 1. The number of esters is 1. The molecular formula is C16H26O4Si. The molecule has 5 heteroatoms. The summed E-state index contributed by atoms with van der Waals surface area (Å²) >= 11 is 0. The highest BCUT2D eigenvalue weighted by molar-refractivity contribution is 6.69. The molecule has 0 aliphatic rings. The van der Waals surface area contributed by atoms with Gasteiger partial charge >= 0.3 is 5.97 Å². The van der Waals surface area contributed by atoms with Crippen molar-refractivity contribution in [3.05, 3.63) is 35.9 Å². The number of carbonyl (C=O) groups excluding carboxylic acids is 1. The molecule has 1 atom stereocenters. The number of hydrogen-bond acceptors (Lipinski definition) is 4. The van der Waals surface area contributed by atoms with Crippen molar-refractivity contribution in [3.63, 3.8) is 0 Å². The van der Waals surface area contributed by atoms with Crippen LogP contribution in [0.15, 0.2) is 30.3 Å². The monoisotopic (exact) mass is 310 g/mol. The summed E-state index contributed by atoms with van der Waals surface area (Å²) in [5.41, 5.74) is -0.293. The SMILES string of the molecule is CC(C)(C(=O)OCCO[Si](C)(C)C)C(O)c1ccccc1. The van der Waals surface area contributed by atoms with Gasteiger partial charge in [0.2, 0.25) is 0 Å². The van der Waals surface area contributed by atoms with Crippen LogP contribution in [0.5, 0.6) is 0 Å². The van der Waals surface area contributed by atoms with Crippen molar-refractivity contribution in [2.45, 2.75) is 39.6 Å². The average Bonchev–Trinajstić information content (AvgIpc) is 2.42. The Balaban J connectivity index is 2.55. The normalized spacial score (nSPS) is 13.8. The number of ether oxygens (including phenoxy) is 1. The Morgan fingerprint density at radius 1 is 1.19 bits per heavy atom. The van der Waals surface area contributed by atoms with Gasteiger partial charge in [0, 0.05) is 0 Å². The fourth-order valence-electron chi connectivity index (χ4n) is 1.83. The third-order valence-electron chi connectivity index (χ3n) is 3.18. The molecule has 0 aliphatic heterocycles. The first kappa shape index (κ1) is 17.9. The van der Waals surface area contributed by atoms with Gasteiger partial charge in [0.15, 0.2) is 8.32 Å². The summed E-state index contributed by atoms with van der Waals surface area (Å²) in [6.07, 6.45) is -0.899. The van der Waals surface area contributed by atoms with E-state index in [2.05, 4.69) is 19.6 Å². The fourth-order valence-corrected chi connectivity index (χ4v) is 2.53. The standard InChI is InChI=1S/C16H26O4Si/c1-16(2,14(17)13-9-7-6-8-10-13)15(18)19-11-12-20-21(3,4)5/h6-10,14,17H,11-12H2,1-5H3. The molecule has 0 heterocycles. The Hall–Kier alpha value is -1.17. The molecule has 0 aliphatic carbocycles. The number of aliphatic hydroxyl groups excluding tert-OH is 1. The quantitative estimate of drug-likeness (QED) is 0.477. The highest BCUT2D eigenvalue weighted by Crippen LogP contribution is 2.34. The average molecular weight is 310 g/mol. The molecule has 0 radical (unpaired) electrons. The van der Waals surface area contributed by atoms with Crippen LogP contribution in [0.4, 0.5) is 0 Å². The van der Waals surface area contributed by atoms with E-state index in [-0.39, 0.29) is 6.61 Å². The van der Waals surface area contributed by atoms with Crippen molar-refractivity contribution in [2.24, 2.45) is 5.41 Å². The van der Waals surface area contributed by atoms with Gasteiger partial charge in [-0.05, 0) is 39.1 Å². The topological polar surface area (TPSA) is 55.8 Å². The van der Waals surface area contributed by atoms with Crippen LogP contribution >= 0.6 is 0 Å². The van der Waals surface area contributed by atoms with Crippen LogP contribution < -0.4 is 0 Å². The molecule has 0 spiro atoms. The third kappa shape index (κ3) is 5.61. The van der Waals surface area contributed by atoms with Gasteiger partial charge < -0.3 is 14.3 Å². The van der Waals surface area contributed by atoms with Gasteiger partial charge in [0.25, 0.3) is 0 Å². The second-order valence-electron chi connectivity index (χ2n) is 6.63. The van der Waals surface area contributed by atoms with Crippen LogP contribution in [0.3, 0.4) is 0 Å². The fraction of sp³-hybridized carbons (Fsp3) is 0.562. The molecule has 0 amide bonds. The van der Waals surface area contributed by atoms with Gasteiger partial charge in [-0.25, -0.2) is 0 Å². The summed E-state index contributed by atoms with van der Waals surface area (Å²) in [5, 5.41) is 10.4. The minimum atomic E-state index is -1.59. The predicted octanol–water partition coefficient (Wildman–Crippen LogP) is 3.14. The van der Waals surface area contributed by atoms with Gasteiger partial charge in [0.05, 0.1) is 18.1 Å². The first-order valence-corrected chi connectivity index (χ1v) is 10.6. The van der Waals surface area contributed by atoms with E-state index in [0.29, 0.717) is 12.2 Å². The van der Waals surface area contributed by atoms with Crippen LogP contribution in [-0.2, 0) is 14.0 Å². The van der Waals surface area contributed by atoms with E-state index in [0.717, 1.165) is 0 Å². The molecule has 0 fully saturated rings. The van der Waals surface area contributed by atoms with E-state index in [1.54, 1.807) is 26.0 Å². The van der Waals surface area contributed by atoms with Crippen LogP contribution in [-0.4, -0.2) is 32.6 Å². The van der Waals surface area contributed by atoms with Crippen molar-refractivity contribution in [3.8, 4) is 0 Å². The lowest BCUT2D eigenvalue weighted by Gasteiger charge is -2.28. The highest BCUT2D eigenvalue weighted by atomic mass is 28.4. The van der Waals surface area contributed by atoms with E-state index in [4.69, 9.17) is 9.16 Å². The predicted molar refractivity (Wildman–Crippen MR) is 85.4 cm³/mol. The number of rotatable bonds is 7. The minimum Gasteiger partial charge on any atom is -0.463 e. The van der Waals surface area contributed by atoms with Gasteiger partial charge in [-0.15, -0.1) is 0 Å². The Bertz CT molecular complexity index is 451. The molecular weight excluding hydrogens is 284 g/mol. The zero-order valence-electron chi connectivity index (χ0n) is 13.6. The molecule has 1 N–H and O–H groups in total. The van der Waals surface area contributed by atoms with E-state index < -0.39 is 25.8 Å². The van der Waals surface area contributed by atoms with Crippen molar-refractivity contribution in [2.75, 3.05) is 13.2 Å². The lowest BCUT2D eigenvalue weighted by atomic mass is 9.83. The van der Waals surface area contributed by atoms with Crippen LogP contribution in [0, 0.1) is 5.41 Å². The molecule has 0 saturated carbocycles.